The molecule has 0 atom stereocenters. The Kier molecular flexibility index (Phi) is 3.29. The molecule has 0 amide bonds. The first kappa shape index (κ1) is 12.5. The van der Waals surface area contributed by atoms with E-state index < -0.39 is 11.9 Å². The molecule has 0 fully saturated rings. The largest absolute Gasteiger partial charge is 0.433 e. The summed E-state index contributed by atoms with van der Waals surface area (Å²) in [6.07, 6.45) is -3.33. The average molecular weight is 254 g/mol. The number of hydrogen-bond donors (Lipinski definition) is 1. The normalized spacial score (nSPS) is 11.6. The molecule has 0 aromatic carbocycles. The molecule has 2 aromatic rings. The standard InChI is InChI=1S/C12H9F3N2O/c13-12(14,15)11-5-4-8(6-16-11)10-3-1-2-9(7-18)17-10/h1-6,18H,7H2. The Morgan fingerprint density at radius 1 is 1.11 bits per heavy atom. The fourth-order valence-electron chi connectivity index (χ4n) is 1.44. The quantitative estimate of drug-likeness (QED) is 0.896. The lowest BCUT2D eigenvalue weighted by molar-refractivity contribution is -0.141. The maximum atomic E-state index is 12.3. The van der Waals surface area contributed by atoms with Crippen molar-refractivity contribution in [2.24, 2.45) is 0 Å². The maximum Gasteiger partial charge on any atom is 0.433 e. The Hall–Kier alpha value is -1.95. The summed E-state index contributed by atoms with van der Waals surface area (Å²) in [6.45, 7) is -0.220. The second-order valence-corrected chi connectivity index (χ2v) is 3.60. The van der Waals surface area contributed by atoms with Crippen molar-refractivity contribution < 1.29 is 18.3 Å². The minimum absolute atomic E-state index is 0.220. The molecule has 18 heavy (non-hydrogen) atoms. The van der Waals surface area contributed by atoms with Gasteiger partial charge in [-0.1, -0.05) is 6.07 Å². The summed E-state index contributed by atoms with van der Waals surface area (Å²) in [6, 6.07) is 7.15. The molecule has 0 unspecified atom stereocenters. The average Bonchev–Trinajstić information content (AvgIpc) is 2.38. The van der Waals surface area contributed by atoms with Gasteiger partial charge in [0.25, 0.3) is 0 Å². The second kappa shape index (κ2) is 4.73. The van der Waals surface area contributed by atoms with E-state index >= 15 is 0 Å². The van der Waals surface area contributed by atoms with Crippen LogP contribution in [0.2, 0.25) is 0 Å². The zero-order valence-corrected chi connectivity index (χ0v) is 9.15. The highest BCUT2D eigenvalue weighted by molar-refractivity contribution is 5.57. The molecule has 2 rings (SSSR count). The zero-order valence-electron chi connectivity index (χ0n) is 9.15. The van der Waals surface area contributed by atoms with Crippen LogP contribution in [0.4, 0.5) is 13.2 Å². The van der Waals surface area contributed by atoms with Crippen LogP contribution >= 0.6 is 0 Å². The number of hydrogen-bond acceptors (Lipinski definition) is 3. The summed E-state index contributed by atoms with van der Waals surface area (Å²) in [5.41, 5.74) is 0.457. The molecule has 6 heteroatoms. The molecule has 0 spiro atoms. The first-order chi connectivity index (χ1) is 8.50. The van der Waals surface area contributed by atoms with Gasteiger partial charge in [0.2, 0.25) is 0 Å². The van der Waals surface area contributed by atoms with Crippen LogP contribution in [0.5, 0.6) is 0 Å². The maximum absolute atomic E-state index is 12.3. The van der Waals surface area contributed by atoms with E-state index in [-0.39, 0.29) is 6.61 Å². The molecule has 0 aliphatic carbocycles. The minimum atomic E-state index is -4.45. The van der Waals surface area contributed by atoms with Crippen LogP contribution in [0, 0.1) is 0 Å². The first-order valence-corrected chi connectivity index (χ1v) is 5.11. The predicted octanol–water partition coefficient (Wildman–Crippen LogP) is 2.65. The molecule has 2 heterocycles. The van der Waals surface area contributed by atoms with Gasteiger partial charge in [-0.05, 0) is 24.3 Å². The van der Waals surface area contributed by atoms with Gasteiger partial charge in [0.15, 0.2) is 0 Å². The van der Waals surface area contributed by atoms with E-state index in [0.717, 1.165) is 12.3 Å². The number of alkyl halides is 3. The summed E-state index contributed by atoms with van der Waals surface area (Å²) in [5, 5.41) is 8.93. The van der Waals surface area contributed by atoms with E-state index in [0.29, 0.717) is 17.0 Å². The molecule has 2 aromatic heterocycles. The number of aliphatic hydroxyl groups is 1. The van der Waals surface area contributed by atoms with Gasteiger partial charge in [-0.2, -0.15) is 13.2 Å². The van der Waals surface area contributed by atoms with Crippen LogP contribution in [0.1, 0.15) is 11.4 Å². The van der Waals surface area contributed by atoms with Gasteiger partial charge in [-0.25, -0.2) is 0 Å². The Morgan fingerprint density at radius 2 is 1.89 bits per heavy atom. The third-order valence-electron chi connectivity index (χ3n) is 2.32. The third-order valence-corrected chi connectivity index (χ3v) is 2.32. The molecule has 0 saturated carbocycles. The second-order valence-electron chi connectivity index (χ2n) is 3.60. The lowest BCUT2D eigenvalue weighted by atomic mass is 10.1. The van der Waals surface area contributed by atoms with Crippen molar-refractivity contribution in [3.63, 3.8) is 0 Å². The zero-order chi connectivity index (χ0) is 13.2. The summed E-state index contributed by atoms with van der Waals surface area (Å²) in [5.74, 6) is 0. The summed E-state index contributed by atoms with van der Waals surface area (Å²) in [7, 11) is 0. The van der Waals surface area contributed by atoms with Crippen LogP contribution < -0.4 is 0 Å². The van der Waals surface area contributed by atoms with Crippen LogP contribution in [-0.4, -0.2) is 15.1 Å². The summed E-state index contributed by atoms with van der Waals surface area (Å²) < 4.78 is 37.0. The minimum Gasteiger partial charge on any atom is -0.390 e. The number of aromatic nitrogens is 2. The molecule has 0 bridgehead atoms. The fourth-order valence-corrected chi connectivity index (χ4v) is 1.44. The van der Waals surface area contributed by atoms with Crippen molar-refractivity contribution >= 4 is 0 Å². The van der Waals surface area contributed by atoms with Gasteiger partial charge in [0.05, 0.1) is 18.0 Å². The predicted molar refractivity (Wildman–Crippen MR) is 58.4 cm³/mol. The van der Waals surface area contributed by atoms with Crippen molar-refractivity contribution in [1.82, 2.24) is 9.97 Å². The third kappa shape index (κ3) is 2.65. The Bertz CT molecular complexity index is 538. The van der Waals surface area contributed by atoms with E-state index in [9.17, 15) is 13.2 Å². The van der Waals surface area contributed by atoms with E-state index in [1.807, 2.05) is 0 Å². The van der Waals surface area contributed by atoms with Crippen LogP contribution in [0.25, 0.3) is 11.3 Å². The Labute approximate surface area is 101 Å². The summed E-state index contributed by atoms with van der Waals surface area (Å²) in [4.78, 5) is 7.44. The molecule has 0 aliphatic heterocycles. The highest BCUT2D eigenvalue weighted by atomic mass is 19.4. The molecule has 94 valence electrons. The monoisotopic (exact) mass is 254 g/mol. The van der Waals surface area contributed by atoms with Crippen LogP contribution in [-0.2, 0) is 12.8 Å². The van der Waals surface area contributed by atoms with E-state index in [4.69, 9.17) is 5.11 Å². The molecule has 0 saturated heterocycles. The molecule has 0 aliphatic rings. The number of rotatable bonds is 2. The fraction of sp³-hybridized carbons (Fsp3) is 0.167. The lowest BCUT2D eigenvalue weighted by Gasteiger charge is -2.06. The SMILES string of the molecule is OCc1cccc(-c2ccc(C(F)(F)F)nc2)n1. The first-order valence-electron chi connectivity index (χ1n) is 5.11. The highest BCUT2D eigenvalue weighted by Crippen LogP contribution is 2.28. The van der Waals surface area contributed by atoms with Crippen LogP contribution in [0.15, 0.2) is 36.5 Å². The number of aliphatic hydroxyl groups excluding tert-OH is 1. The van der Waals surface area contributed by atoms with E-state index in [1.165, 1.54) is 6.07 Å². The topological polar surface area (TPSA) is 46.0 Å². The number of halogens is 3. The van der Waals surface area contributed by atoms with Gasteiger partial charge in [0.1, 0.15) is 5.69 Å². The number of nitrogens with zero attached hydrogens (tertiary/aromatic N) is 2. The van der Waals surface area contributed by atoms with Crippen molar-refractivity contribution in [2.45, 2.75) is 12.8 Å². The molecule has 1 N–H and O–H groups in total. The highest BCUT2D eigenvalue weighted by Gasteiger charge is 2.32. The van der Waals surface area contributed by atoms with Gasteiger partial charge < -0.3 is 5.11 Å². The van der Waals surface area contributed by atoms with E-state index in [2.05, 4.69) is 9.97 Å². The Balaban J connectivity index is 2.34. The molecule has 3 nitrogen and oxygen atoms in total. The van der Waals surface area contributed by atoms with Gasteiger partial charge >= 0.3 is 6.18 Å². The van der Waals surface area contributed by atoms with Gasteiger partial charge in [-0.3, -0.25) is 9.97 Å². The molecular formula is C12H9F3N2O. The van der Waals surface area contributed by atoms with Gasteiger partial charge in [-0.15, -0.1) is 0 Å². The van der Waals surface area contributed by atoms with Crippen molar-refractivity contribution in [3.8, 4) is 11.3 Å². The van der Waals surface area contributed by atoms with Crippen molar-refractivity contribution in [2.75, 3.05) is 0 Å². The van der Waals surface area contributed by atoms with Crippen LogP contribution in [0.3, 0.4) is 0 Å². The smallest absolute Gasteiger partial charge is 0.390 e. The van der Waals surface area contributed by atoms with Crippen molar-refractivity contribution in [1.29, 1.82) is 0 Å². The lowest BCUT2D eigenvalue weighted by Crippen LogP contribution is -2.07. The van der Waals surface area contributed by atoms with E-state index in [1.54, 1.807) is 18.2 Å². The Morgan fingerprint density at radius 3 is 2.44 bits per heavy atom. The summed E-state index contributed by atoms with van der Waals surface area (Å²) >= 11 is 0. The van der Waals surface area contributed by atoms with Crippen molar-refractivity contribution in [3.05, 3.63) is 47.9 Å². The molecule has 0 radical (unpaired) electrons. The number of pyridine rings is 2. The van der Waals surface area contributed by atoms with Gasteiger partial charge in [0, 0.05) is 11.8 Å². The molecular weight excluding hydrogens is 245 g/mol.